The summed E-state index contributed by atoms with van der Waals surface area (Å²) in [4.78, 5) is 14.7. The zero-order valence-corrected chi connectivity index (χ0v) is 12.9. The summed E-state index contributed by atoms with van der Waals surface area (Å²) in [6.07, 6.45) is 0. The van der Waals surface area contributed by atoms with Gasteiger partial charge in [0.1, 0.15) is 17.3 Å². The van der Waals surface area contributed by atoms with Gasteiger partial charge in [0.15, 0.2) is 9.84 Å². The van der Waals surface area contributed by atoms with Crippen molar-refractivity contribution >= 4 is 15.8 Å². The zero-order valence-electron chi connectivity index (χ0n) is 12.1. The van der Waals surface area contributed by atoms with Gasteiger partial charge in [0, 0.05) is 5.56 Å². The number of hydrogen-bond acceptors (Lipinski definition) is 6. The van der Waals surface area contributed by atoms with Gasteiger partial charge in [0.2, 0.25) is 5.89 Å². The second kappa shape index (κ2) is 6.18. The molecule has 0 spiro atoms. The molecule has 0 fully saturated rings. The van der Waals surface area contributed by atoms with Crippen molar-refractivity contribution in [3.05, 3.63) is 35.7 Å². The number of carboxylic acid groups (broad SMARTS) is 1. The van der Waals surface area contributed by atoms with Crippen molar-refractivity contribution in [1.82, 2.24) is 4.98 Å². The molecule has 0 aliphatic carbocycles. The highest BCUT2D eigenvalue weighted by Gasteiger charge is 2.21. The minimum absolute atomic E-state index is 0.215. The quantitative estimate of drug-likeness (QED) is 0.860. The summed E-state index contributed by atoms with van der Waals surface area (Å²) in [5, 5.41) is 8.59. The molecule has 0 aliphatic rings. The van der Waals surface area contributed by atoms with Gasteiger partial charge in [-0.1, -0.05) is 0 Å². The number of nitrogens with zero attached hydrogens (tertiary/aromatic N) is 1. The summed E-state index contributed by atoms with van der Waals surface area (Å²) >= 11 is 0. The molecular formula is C14H15NO6S. The molecule has 1 aromatic heterocycles. The average Bonchev–Trinajstić information content (AvgIpc) is 2.78. The number of hydrogen-bond donors (Lipinski definition) is 1. The van der Waals surface area contributed by atoms with Crippen LogP contribution in [0, 0.1) is 6.92 Å². The van der Waals surface area contributed by atoms with E-state index in [2.05, 4.69) is 4.98 Å². The molecule has 2 rings (SSSR count). The Labute approximate surface area is 127 Å². The summed E-state index contributed by atoms with van der Waals surface area (Å²) < 4.78 is 33.9. The summed E-state index contributed by atoms with van der Waals surface area (Å²) in [6, 6.07) is 6.94. The predicted octanol–water partition coefficient (Wildman–Crippen LogP) is 1.66. The average molecular weight is 325 g/mol. The Bertz CT molecular complexity index is 776. The first-order chi connectivity index (χ1) is 10.3. The number of carbonyl (C=O) groups is 1. The number of rotatable bonds is 6. The van der Waals surface area contributed by atoms with Crippen LogP contribution < -0.4 is 4.74 Å². The molecule has 0 bridgehead atoms. The van der Waals surface area contributed by atoms with E-state index in [9.17, 15) is 13.2 Å². The van der Waals surface area contributed by atoms with E-state index in [0.29, 0.717) is 17.1 Å². The molecule has 7 nitrogen and oxygen atoms in total. The molecule has 1 heterocycles. The number of ether oxygens (including phenoxy) is 1. The van der Waals surface area contributed by atoms with Crippen LogP contribution in [0.1, 0.15) is 11.5 Å². The number of aromatic nitrogens is 1. The number of methoxy groups -OCH3 is 1. The molecule has 1 aromatic carbocycles. The lowest BCUT2D eigenvalue weighted by atomic mass is 10.2. The van der Waals surface area contributed by atoms with E-state index in [1.54, 1.807) is 38.3 Å². The molecule has 0 saturated carbocycles. The third-order valence-corrected chi connectivity index (χ3v) is 4.33. The maximum atomic E-state index is 11.7. The van der Waals surface area contributed by atoms with Gasteiger partial charge in [-0.05, 0) is 31.2 Å². The summed E-state index contributed by atoms with van der Waals surface area (Å²) in [7, 11) is -2.23. The van der Waals surface area contributed by atoms with Crippen LogP contribution in [0.5, 0.6) is 5.75 Å². The predicted molar refractivity (Wildman–Crippen MR) is 78.4 cm³/mol. The highest BCUT2D eigenvalue weighted by Crippen LogP contribution is 2.24. The van der Waals surface area contributed by atoms with Crippen LogP contribution in [0.25, 0.3) is 11.5 Å². The lowest BCUT2D eigenvalue weighted by molar-refractivity contribution is -0.134. The van der Waals surface area contributed by atoms with Crippen molar-refractivity contribution < 1.29 is 27.5 Å². The molecule has 2 aromatic rings. The second-order valence-electron chi connectivity index (χ2n) is 4.68. The minimum Gasteiger partial charge on any atom is -0.497 e. The van der Waals surface area contributed by atoms with Crippen molar-refractivity contribution in [3.63, 3.8) is 0 Å². The van der Waals surface area contributed by atoms with Crippen LogP contribution in [0.3, 0.4) is 0 Å². The third-order valence-electron chi connectivity index (χ3n) is 2.93. The van der Waals surface area contributed by atoms with Crippen LogP contribution in [0.15, 0.2) is 28.7 Å². The molecular weight excluding hydrogens is 310 g/mol. The van der Waals surface area contributed by atoms with Crippen LogP contribution in [-0.4, -0.2) is 37.3 Å². The van der Waals surface area contributed by atoms with E-state index >= 15 is 0 Å². The van der Waals surface area contributed by atoms with Gasteiger partial charge in [0.05, 0.1) is 18.6 Å². The highest BCUT2D eigenvalue weighted by molar-refractivity contribution is 7.91. The van der Waals surface area contributed by atoms with Crippen molar-refractivity contribution in [1.29, 1.82) is 0 Å². The van der Waals surface area contributed by atoms with Gasteiger partial charge in [0.25, 0.3) is 0 Å². The van der Waals surface area contributed by atoms with Gasteiger partial charge in [-0.25, -0.2) is 13.4 Å². The molecule has 0 amide bonds. The Morgan fingerprint density at radius 1 is 1.32 bits per heavy atom. The fourth-order valence-electron chi connectivity index (χ4n) is 1.87. The van der Waals surface area contributed by atoms with E-state index in [1.165, 1.54) is 0 Å². The molecule has 0 saturated heterocycles. The monoisotopic (exact) mass is 325 g/mol. The summed E-state index contributed by atoms with van der Waals surface area (Å²) in [5.74, 6) is -1.49. The highest BCUT2D eigenvalue weighted by atomic mass is 32.2. The van der Waals surface area contributed by atoms with Crippen molar-refractivity contribution in [2.45, 2.75) is 12.7 Å². The van der Waals surface area contributed by atoms with Crippen molar-refractivity contribution in [2.24, 2.45) is 0 Å². The van der Waals surface area contributed by atoms with Crippen molar-refractivity contribution in [2.75, 3.05) is 12.9 Å². The summed E-state index contributed by atoms with van der Waals surface area (Å²) in [6.45, 7) is 1.59. The molecule has 118 valence electrons. The normalized spacial score (nSPS) is 11.4. The molecule has 0 atom stereocenters. The largest absolute Gasteiger partial charge is 0.497 e. The Morgan fingerprint density at radius 3 is 2.50 bits per heavy atom. The Hall–Kier alpha value is -2.35. The molecule has 1 N–H and O–H groups in total. The number of benzene rings is 1. The van der Waals surface area contributed by atoms with Crippen molar-refractivity contribution in [3.8, 4) is 17.2 Å². The number of sulfone groups is 1. The van der Waals surface area contributed by atoms with Gasteiger partial charge in [-0.2, -0.15) is 0 Å². The molecule has 0 radical (unpaired) electrons. The first-order valence-corrected chi connectivity index (χ1v) is 8.16. The van der Waals surface area contributed by atoms with Crippen LogP contribution in [0.2, 0.25) is 0 Å². The Kier molecular flexibility index (Phi) is 4.51. The summed E-state index contributed by atoms with van der Waals surface area (Å²) in [5.41, 5.74) is 0.887. The van der Waals surface area contributed by atoms with Crippen LogP contribution >= 0.6 is 0 Å². The Morgan fingerprint density at radius 2 is 1.95 bits per heavy atom. The van der Waals surface area contributed by atoms with E-state index in [1.807, 2.05) is 0 Å². The van der Waals surface area contributed by atoms with Gasteiger partial charge in [-0.3, -0.25) is 4.79 Å². The van der Waals surface area contributed by atoms with Gasteiger partial charge in [-0.15, -0.1) is 0 Å². The minimum atomic E-state index is -3.78. The number of carboxylic acids is 1. The number of oxazole rings is 1. The fraction of sp³-hybridized carbons (Fsp3) is 0.286. The maximum absolute atomic E-state index is 11.7. The van der Waals surface area contributed by atoms with E-state index in [-0.39, 0.29) is 11.6 Å². The van der Waals surface area contributed by atoms with E-state index in [4.69, 9.17) is 14.3 Å². The smallest absolute Gasteiger partial charge is 0.318 e. The topological polar surface area (TPSA) is 107 Å². The zero-order chi connectivity index (χ0) is 16.3. The number of aliphatic carboxylic acids is 1. The molecule has 22 heavy (non-hydrogen) atoms. The van der Waals surface area contributed by atoms with E-state index in [0.717, 1.165) is 0 Å². The van der Waals surface area contributed by atoms with E-state index < -0.39 is 27.3 Å². The third kappa shape index (κ3) is 3.85. The SMILES string of the molecule is COc1ccc(-c2nc(CS(=O)(=O)CC(=O)O)c(C)o2)cc1. The van der Waals surface area contributed by atoms with Gasteiger partial charge < -0.3 is 14.3 Å². The standard InChI is InChI=1S/C14H15NO6S/c1-9-12(7-22(18,19)8-13(16)17)15-14(21-9)10-3-5-11(20-2)6-4-10/h3-6H,7-8H2,1-2H3,(H,16,17). The first kappa shape index (κ1) is 16.0. The first-order valence-electron chi connectivity index (χ1n) is 6.33. The lowest BCUT2D eigenvalue weighted by Gasteiger charge is -1.99. The molecule has 8 heteroatoms. The molecule has 0 aliphatic heterocycles. The van der Waals surface area contributed by atoms with Crippen LogP contribution in [0.4, 0.5) is 0 Å². The van der Waals surface area contributed by atoms with Crippen LogP contribution in [-0.2, 0) is 20.4 Å². The fourth-order valence-corrected chi connectivity index (χ4v) is 3.03. The van der Waals surface area contributed by atoms with Gasteiger partial charge >= 0.3 is 5.97 Å². The lowest BCUT2D eigenvalue weighted by Crippen LogP contribution is -2.17. The Balaban J connectivity index is 2.26. The molecule has 0 unspecified atom stereocenters. The second-order valence-corrected chi connectivity index (χ2v) is 6.74. The maximum Gasteiger partial charge on any atom is 0.318 e. The number of aryl methyl sites for hydroxylation is 1.